The summed E-state index contributed by atoms with van der Waals surface area (Å²) in [6.45, 7) is 3.91. The molecule has 0 aliphatic rings. The molecular weight excluding hydrogens is 458 g/mol. The van der Waals surface area contributed by atoms with E-state index in [4.69, 9.17) is 20.2 Å². The summed E-state index contributed by atoms with van der Waals surface area (Å²) in [5.74, 6) is 0.107. The largest absolute Gasteiger partial charge is 0.462 e. The Kier molecular flexibility index (Phi) is 5.35. The van der Waals surface area contributed by atoms with E-state index in [2.05, 4.69) is 0 Å². The molecule has 0 atom stereocenters. The predicted molar refractivity (Wildman–Crippen MR) is 132 cm³/mol. The molecule has 166 valence electrons. The maximum Gasteiger partial charge on any atom is 0.350 e. The molecule has 0 aliphatic heterocycles. The van der Waals surface area contributed by atoms with E-state index in [-0.39, 0.29) is 23.9 Å². The molecule has 0 unspecified atom stereocenters. The second kappa shape index (κ2) is 8.34. The summed E-state index contributed by atoms with van der Waals surface area (Å²) in [4.78, 5) is 31.0. The maximum atomic E-state index is 13.7. The number of nitrogens with two attached hydrogens (primary N) is 1. The summed E-state index contributed by atoms with van der Waals surface area (Å²) in [6.07, 6.45) is 0. The van der Waals surface area contributed by atoms with E-state index >= 15 is 0 Å². The van der Waals surface area contributed by atoms with Crippen LogP contribution in [0.5, 0.6) is 11.8 Å². The van der Waals surface area contributed by atoms with Gasteiger partial charge < -0.3 is 15.2 Å². The molecule has 0 saturated carbocycles. The third-order valence-electron chi connectivity index (χ3n) is 5.13. The Bertz CT molecular complexity index is 1570. The molecule has 0 amide bonds. The van der Waals surface area contributed by atoms with Gasteiger partial charge in [-0.25, -0.2) is 9.36 Å². The van der Waals surface area contributed by atoms with Gasteiger partial charge in [0.05, 0.1) is 27.4 Å². The van der Waals surface area contributed by atoms with Crippen molar-refractivity contribution in [1.29, 1.82) is 0 Å². The molecule has 3 heterocycles. The van der Waals surface area contributed by atoms with Crippen LogP contribution in [0.3, 0.4) is 0 Å². The molecule has 0 saturated heterocycles. The summed E-state index contributed by atoms with van der Waals surface area (Å²) >= 11 is 2.48. The standard InChI is InChI=1S/C24H19N3O4S2/c1-3-30-22(29)19-17(25)16-18-20(33-23(16)32-19)21(28)27(14-10-5-4-6-11-14)24(26-18)31-15-12-8-7-9-13(15)2/h4-12H,3,25H2,1-2H3. The van der Waals surface area contributed by atoms with Crippen LogP contribution in [-0.4, -0.2) is 22.1 Å². The molecule has 7 nitrogen and oxygen atoms in total. The Morgan fingerprint density at radius 2 is 1.82 bits per heavy atom. The van der Waals surface area contributed by atoms with Crippen LogP contribution in [0, 0.1) is 6.92 Å². The predicted octanol–water partition coefficient (Wildman–Crippen LogP) is 5.52. The third-order valence-corrected chi connectivity index (χ3v) is 7.57. The fourth-order valence-corrected chi connectivity index (χ4v) is 5.98. The maximum absolute atomic E-state index is 13.7. The minimum absolute atomic E-state index is 0.121. The molecule has 0 fully saturated rings. The number of nitrogens with zero attached hydrogens (tertiary/aromatic N) is 2. The van der Waals surface area contributed by atoms with Gasteiger partial charge >= 0.3 is 12.0 Å². The van der Waals surface area contributed by atoms with Crippen LogP contribution in [0.2, 0.25) is 0 Å². The lowest BCUT2D eigenvalue weighted by Crippen LogP contribution is -2.20. The normalized spacial score (nSPS) is 11.2. The fourth-order valence-electron chi connectivity index (χ4n) is 3.55. The Morgan fingerprint density at radius 1 is 1.09 bits per heavy atom. The highest BCUT2D eigenvalue weighted by molar-refractivity contribution is 7.42. The molecule has 33 heavy (non-hydrogen) atoms. The number of thiophene rings is 2. The zero-order chi connectivity index (χ0) is 23.1. The average molecular weight is 478 g/mol. The van der Waals surface area contributed by atoms with E-state index < -0.39 is 5.97 Å². The van der Waals surface area contributed by atoms with Crippen molar-refractivity contribution in [3.05, 3.63) is 75.4 Å². The zero-order valence-electron chi connectivity index (χ0n) is 17.8. The number of hydrogen-bond acceptors (Lipinski definition) is 8. The molecule has 5 rings (SSSR count). The van der Waals surface area contributed by atoms with Crippen LogP contribution in [0.25, 0.3) is 25.3 Å². The smallest absolute Gasteiger partial charge is 0.350 e. The van der Waals surface area contributed by atoms with E-state index in [0.29, 0.717) is 31.9 Å². The molecule has 0 spiro atoms. The molecule has 0 aliphatic carbocycles. The summed E-state index contributed by atoms with van der Waals surface area (Å²) in [5.41, 5.74) is 8.30. The number of esters is 1. The molecule has 2 aromatic carbocycles. The number of benzene rings is 2. The lowest BCUT2D eigenvalue weighted by Gasteiger charge is -2.14. The minimum atomic E-state index is -0.481. The van der Waals surface area contributed by atoms with Gasteiger partial charge in [0.1, 0.15) is 20.8 Å². The van der Waals surface area contributed by atoms with Crippen molar-refractivity contribution in [3.8, 4) is 17.4 Å². The highest BCUT2D eigenvalue weighted by Gasteiger charge is 2.25. The minimum Gasteiger partial charge on any atom is -0.462 e. The first-order valence-electron chi connectivity index (χ1n) is 10.2. The first-order valence-corrected chi connectivity index (χ1v) is 11.9. The highest BCUT2D eigenvalue weighted by atomic mass is 32.2. The van der Waals surface area contributed by atoms with Gasteiger partial charge in [-0.1, -0.05) is 36.4 Å². The van der Waals surface area contributed by atoms with Crippen molar-refractivity contribution >= 4 is 53.9 Å². The number of rotatable bonds is 5. The summed E-state index contributed by atoms with van der Waals surface area (Å²) in [6, 6.07) is 16.8. The molecule has 5 aromatic rings. The van der Waals surface area contributed by atoms with Gasteiger partial charge in [-0.05, 0) is 37.6 Å². The number of aromatic nitrogens is 2. The summed E-state index contributed by atoms with van der Waals surface area (Å²) < 4.78 is 13.9. The second-order valence-electron chi connectivity index (χ2n) is 7.25. The topological polar surface area (TPSA) is 96.4 Å². The lowest BCUT2D eigenvalue weighted by molar-refractivity contribution is 0.0533. The number of ether oxygens (including phenoxy) is 2. The quantitative estimate of drug-likeness (QED) is 0.335. The molecule has 9 heteroatoms. The van der Waals surface area contributed by atoms with Crippen LogP contribution < -0.4 is 16.0 Å². The van der Waals surface area contributed by atoms with Crippen molar-refractivity contribution in [3.63, 3.8) is 0 Å². The average Bonchev–Trinajstić information content (AvgIpc) is 3.33. The molecule has 3 aromatic heterocycles. The van der Waals surface area contributed by atoms with E-state index in [0.717, 1.165) is 9.58 Å². The SMILES string of the molecule is CCOC(=O)c1sc2sc3c(=O)n(-c4ccccc4)c(Oc4ccccc4C)nc3c2c1N. The number of fused-ring (bicyclic) bond motifs is 3. The molecule has 0 bridgehead atoms. The Balaban J connectivity index is 1.79. The highest BCUT2D eigenvalue weighted by Crippen LogP contribution is 2.43. The number of nitrogen functional groups attached to an aromatic ring is 1. The number of carbonyl (C=O) groups is 1. The van der Waals surface area contributed by atoms with Gasteiger partial charge in [0, 0.05) is 0 Å². The monoisotopic (exact) mass is 477 g/mol. The van der Waals surface area contributed by atoms with Gasteiger partial charge in [-0.3, -0.25) is 4.79 Å². The van der Waals surface area contributed by atoms with Crippen molar-refractivity contribution in [2.75, 3.05) is 12.3 Å². The van der Waals surface area contributed by atoms with Crippen LogP contribution >= 0.6 is 22.7 Å². The number of carbonyl (C=O) groups excluding carboxylic acids is 1. The molecule has 2 N–H and O–H groups in total. The fraction of sp³-hybridized carbons (Fsp3) is 0.125. The van der Waals surface area contributed by atoms with Gasteiger partial charge in [0.2, 0.25) is 0 Å². The van der Waals surface area contributed by atoms with Gasteiger partial charge in [0.15, 0.2) is 0 Å². The Morgan fingerprint density at radius 3 is 2.55 bits per heavy atom. The number of anilines is 1. The summed E-state index contributed by atoms with van der Waals surface area (Å²) in [5, 5.41) is 0.579. The van der Waals surface area contributed by atoms with Gasteiger partial charge in [0.25, 0.3) is 5.56 Å². The first kappa shape index (κ1) is 21.2. The Hall–Kier alpha value is -3.69. The summed E-state index contributed by atoms with van der Waals surface area (Å²) in [7, 11) is 0. The Labute approximate surface area is 196 Å². The number of hydrogen-bond donors (Lipinski definition) is 1. The number of para-hydroxylation sites is 2. The van der Waals surface area contributed by atoms with E-state index in [1.54, 1.807) is 6.92 Å². The van der Waals surface area contributed by atoms with Crippen LogP contribution in [0.15, 0.2) is 59.4 Å². The van der Waals surface area contributed by atoms with Crippen LogP contribution in [0.1, 0.15) is 22.2 Å². The van der Waals surface area contributed by atoms with E-state index in [9.17, 15) is 9.59 Å². The van der Waals surface area contributed by atoms with E-state index in [1.807, 2.05) is 61.5 Å². The van der Waals surface area contributed by atoms with Crippen LogP contribution in [-0.2, 0) is 4.74 Å². The zero-order valence-corrected chi connectivity index (χ0v) is 19.5. The van der Waals surface area contributed by atoms with Crippen molar-refractivity contribution in [1.82, 2.24) is 9.55 Å². The third kappa shape index (κ3) is 3.55. The van der Waals surface area contributed by atoms with Gasteiger partial charge in [-0.2, -0.15) is 4.98 Å². The number of aryl methyl sites for hydroxylation is 1. The van der Waals surface area contributed by atoms with Crippen molar-refractivity contribution in [2.45, 2.75) is 13.8 Å². The van der Waals surface area contributed by atoms with Crippen molar-refractivity contribution in [2.24, 2.45) is 0 Å². The van der Waals surface area contributed by atoms with Crippen LogP contribution in [0.4, 0.5) is 5.69 Å². The van der Waals surface area contributed by atoms with E-state index in [1.165, 1.54) is 27.2 Å². The van der Waals surface area contributed by atoms with Gasteiger partial charge in [-0.15, -0.1) is 22.7 Å². The molecule has 0 radical (unpaired) electrons. The second-order valence-corrected chi connectivity index (χ2v) is 9.55. The lowest BCUT2D eigenvalue weighted by atomic mass is 10.2. The first-order chi connectivity index (χ1) is 16.0. The van der Waals surface area contributed by atoms with Crippen molar-refractivity contribution < 1.29 is 14.3 Å². The molecular formula is C24H19N3O4S2.